The SMILES string of the molecule is CCc1ccc(-c2nc(C(=O)OCc3nnc(-c4cc(C)oc4C)o3)cs2)cc1. The van der Waals surface area contributed by atoms with Gasteiger partial charge < -0.3 is 13.6 Å². The van der Waals surface area contributed by atoms with E-state index in [2.05, 4.69) is 34.2 Å². The zero-order valence-electron chi connectivity index (χ0n) is 16.3. The number of furan rings is 1. The molecule has 29 heavy (non-hydrogen) atoms. The lowest BCUT2D eigenvalue weighted by Gasteiger charge is -2.00. The average molecular weight is 409 g/mol. The molecule has 148 valence electrons. The molecule has 0 atom stereocenters. The first kappa shape index (κ1) is 19.1. The maximum Gasteiger partial charge on any atom is 0.358 e. The largest absolute Gasteiger partial charge is 0.466 e. The molecule has 7 nitrogen and oxygen atoms in total. The van der Waals surface area contributed by atoms with Crippen molar-refractivity contribution in [3.05, 3.63) is 64.4 Å². The van der Waals surface area contributed by atoms with E-state index in [1.54, 1.807) is 5.38 Å². The average Bonchev–Trinajstić information content (AvgIpc) is 3.46. The van der Waals surface area contributed by atoms with Gasteiger partial charge in [-0.05, 0) is 31.9 Å². The Balaban J connectivity index is 1.40. The number of benzene rings is 1. The number of carbonyl (C=O) groups is 1. The van der Waals surface area contributed by atoms with Gasteiger partial charge in [0.1, 0.15) is 16.5 Å². The summed E-state index contributed by atoms with van der Waals surface area (Å²) in [5.74, 6) is 1.45. The summed E-state index contributed by atoms with van der Waals surface area (Å²) >= 11 is 1.40. The number of aryl methyl sites for hydroxylation is 3. The normalized spacial score (nSPS) is 11.0. The van der Waals surface area contributed by atoms with E-state index in [1.807, 2.05) is 32.0 Å². The zero-order chi connectivity index (χ0) is 20.4. The Bertz CT molecular complexity index is 1140. The third-order valence-corrected chi connectivity index (χ3v) is 5.28. The molecular weight excluding hydrogens is 390 g/mol. The van der Waals surface area contributed by atoms with Crippen LogP contribution < -0.4 is 0 Å². The van der Waals surface area contributed by atoms with Gasteiger partial charge in [-0.2, -0.15) is 0 Å². The molecule has 4 aromatic rings. The lowest BCUT2D eigenvalue weighted by Crippen LogP contribution is -2.05. The monoisotopic (exact) mass is 409 g/mol. The van der Waals surface area contributed by atoms with Crippen molar-refractivity contribution in [3.8, 4) is 22.0 Å². The molecule has 0 unspecified atom stereocenters. The fourth-order valence-electron chi connectivity index (χ4n) is 2.85. The lowest BCUT2D eigenvalue weighted by atomic mass is 10.1. The standard InChI is InChI=1S/C21H19N3O4S/c1-4-14-5-7-15(8-6-14)20-22-17(11-29-20)21(25)26-10-18-23-24-19(28-18)16-9-12(2)27-13(16)3/h5-9,11H,4,10H2,1-3H3. The molecule has 4 rings (SSSR count). The van der Waals surface area contributed by atoms with Crippen molar-refractivity contribution in [3.63, 3.8) is 0 Å². The first-order chi connectivity index (χ1) is 14.0. The zero-order valence-corrected chi connectivity index (χ0v) is 17.1. The van der Waals surface area contributed by atoms with Crippen LogP contribution in [0.25, 0.3) is 22.0 Å². The third kappa shape index (κ3) is 4.12. The molecule has 0 saturated heterocycles. The summed E-state index contributed by atoms with van der Waals surface area (Å²) < 4.78 is 16.3. The maximum absolute atomic E-state index is 12.3. The van der Waals surface area contributed by atoms with E-state index in [-0.39, 0.29) is 18.2 Å². The molecule has 0 radical (unpaired) electrons. The number of hydrogen-bond acceptors (Lipinski definition) is 8. The molecule has 0 aliphatic rings. The van der Waals surface area contributed by atoms with E-state index in [9.17, 15) is 4.79 Å². The van der Waals surface area contributed by atoms with Gasteiger partial charge in [0.15, 0.2) is 12.3 Å². The summed E-state index contributed by atoms with van der Waals surface area (Å²) in [6.45, 7) is 5.65. The fourth-order valence-corrected chi connectivity index (χ4v) is 3.64. The second-order valence-corrected chi connectivity index (χ2v) is 7.35. The molecule has 0 amide bonds. The second kappa shape index (κ2) is 8.00. The van der Waals surface area contributed by atoms with Crippen LogP contribution in [-0.4, -0.2) is 21.2 Å². The van der Waals surface area contributed by atoms with Crippen LogP contribution in [0.15, 0.2) is 44.5 Å². The van der Waals surface area contributed by atoms with Crippen molar-refractivity contribution in [2.75, 3.05) is 0 Å². The summed E-state index contributed by atoms with van der Waals surface area (Å²) in [6, 6.07) is 9.96. The number of carbonyl (C=O) groups excluding carboxylic acids is 1. The first-order valence-electron chi connectivity index (χ1n) is 9.15. The first-order valence-corrected chi connectivity index (χ1v) is 10.0. The number of thiazole rings is 1. The van der Waals surface area contributed by atoms with E-state index < -0.39 is 5.97 Å². The molecule has 3 heterocycles. The quantitative estimate of drug-likeness (QED) is 0.414. The number of ether oxygens (including phenoxy) is 1. The van der Waals surface area contributed by atoms with E-state index in [0.29, 0.717) is 11.7 Å². The molecule has 0 aliphatic carbocycles. The minimum atomic E-state index is -0.534. The molecule has 1 aromatic carbocycles. The van der Waals surface area contributed by atoms with E-state index >= 15 is 0 Å². The Morgan fingerprint density at radius 3 is 2.62 bits per heavy atom. The number of aromatic nitrogens is 3. The highest BCUT2D eigenvalue weighted by molar-refractivity contribution is 7.13. The molecular formula is C21H19N3O4S. The smallest absolute Gasteiger partial charge is 0.358 e. The third-order valence-electron chi connectivity index (χ3n) is 4.39. The van der Waals surface area contributed by atoms with Crippen LogP contribution >= 0.6 is 11.3 Å². The van der Waals surface area contributed by atoms with Crippen LogP contribution in [0.4, 0.5) is 0 Å². The molecule has 0 aliphatic heterocycles. The Morgan fingerprint density at radius 1 is 1.14 bits per heavy atom. The minimum absolute atomic E-state index is 0.125. The lowest BCUT2D eigenvalue weighted by molar-refractivity contribution is 0.0432. The van der Waals surface area contributed by atoms with Crippen molar-refractivity contribution in [2.45, 2.75) is 33.8 Å². The highest BCUT2D eigenvalue weighted by Crippen LogP contribution is 2.26. The molecule has 8 heteroatoms. The van der Waals surface area contributed by atoms with Crippen molar-refractivity contribution < 1.29 is 18.4 Å². The van der Waals surface area contributed by atoms with Crippen molar-refractivity contribution in [1.29, 1.82) is 0 Å². The summed E-state index contributed by atoms with van der Waals surface area (Å²) in [5.41, 5.74) is 3.21. The molecule has 0 N–H and O–H groups in total. The molecule has 0 saturated carbocycles. The Morgan fingerprint density at radius 2 is 1.93 bits per heavy atom. The van der Waals surface area contributed by atoms with Crippen molar-refractivity contribution in [2.24, 2.45) is 0 Å². The second-order valence-electron chi connectivity index (χ2n) is 6.49. The van der Waals surface area contributed by atoms with Gasteiger partial charge in [0.25, 0.3) is 11.8 Å². The predicted octanol–water partition coefficient (Wildman–Crippen LogP) is 4.99. The summed E-state index contributed by atoms with van der Waals surface area (Å²) in [7, 11) is 0. The molecule has 0 bridgehead atoms. The van der Waals surface area contributed by atoms with E-state index in [1.165, 1.54) is 16.9 Å². The van der Waals surface area contributed by atoms with Crippen molar-refractivity contribution in [1.82, 2.24) is 15.2 Å². The van der Waals surface area contributed by atoms with Crippen molar-refractivity contribution >= 4 is 17.3 Å². The summed E-state index contributed by atoms with van der Waals surface area (Å²) in [4.78, 5) is 16.7. The number of esters is 1. The maximum atomic E-state index is 12.3. The summed E-state index contributed by atoms with van der Waals surface area (Å²) in [6.07, 6.45) is 0.979. The van der Waals surface area contributed by atoms with Gasteiger partial charge in [-0.3, -0.25) is 0 Å². The van der Waals surface area contributed by atoms with Crippen LogP contribution in [0.2, 0.25) is 0 Å². The van der Waals surface area contributed by atoms with Crippen LogP contribution in [-0.2, 0) is 17.8 Å². The molecule has 0 spiro atoms. The highest BCUT2D eigenvalue weighted by Gasteiger charge is 2.17. The van der Waals surface area contributed by atoms with Crippen LogP contribution in [0.1, 0.15) is 40.4 Å². The fraction of sp³-hybridized carbons (Fsp3) is 0.238. The van der Waals surface area contributed by atoms with E-state index in [0.717, 1.165) is 28.3 Å². The predicted molar refractivity (Wildman–Crippen MR) is 108 cm³/mol. The van der Waals surface area contributed by atoms with Gasteiger partial charge in [0.05, 0.1) is 5.56 Å². The number of nitrogens with zero attached hydrogens (tertiary/aromatic N) is 3. The van der Waals surface area contributed by atoms with Gasteiger partial charge >= 0.3 is 5.97 Å². The molecule has 0 fully saturated rings. The molecule has 3 aromatic heterocycles. The number of hydrogen-bond donors (Lipinski definition) is 0. The Hall–Kier alpha value is -3.26. The van der Waals surface area contributed by atoms with Gasteiger partial charge in [0, 0.05) is 10.9 Å². The van der Waals surface area contributed by atoms with Crippen LogP contribution in [0.3, 0.4) is 0 Å². The highest BCUT2D eigenvalue weighted by atomic mass is 32.1. The Kier molecular flexibility index (Phi) is 5.26. The van der Waals surface area contributed by atoms with Gasteiger partial charge in [-0.1, -0.05) is 31.2 Å². The minimum Gasteiger partial charge on any atom is -0.466 e. The van der Waals surface area contributed by atoms with Gasteiger partial charge in [-0.15, -0.1) is 21.5 Å². The Labute approximate surface area is 171 Å². The van der Waals surface area contributed by atoms with E-state index in [4.69, 9.17) is 13.6 Å². The topological polar surface area (TPSA) is 91.2 Å². The van der Waals surface area contributed by atoms with Gasteiger partial charge in [-0.25, -0.2) is 9.78 Å². The van der Waals surface area contributed by atoms with Crippen LogP contribution in [0, 0.1) is 13.8 Å². The summed E-state index contributed by atoms with van der Waals surface area (Å²) in [5, 5.41) is 10.4. The van der Waals surface area contributed by atoms with Crippen LogP contribution in [0.5, 0.6) is 0 Å². The van der Waals surface area contributed by atoms with Gasteiger partial charge in [0.2, 0.25) is 0 Å². The number of rotatable bonds is 6.